The topological polar surface area (TPSA) is 269 Å². The van der Waals surface area contributed by atoms with E-state index in [1.807, 2.05) is 196 Å². The maximum atomic E-state index is 12.5. The molecule has 0 radical (unpaired) electrons. The first-order valence-corrected chi connectivity index (χ1v) is 32.2. The van der Waals surface area contributed by atoms with Crippen LogP contribution in [0.25, 0.3) is 50.1 Å². The fourth-order valence-corrected chi connectivity index (χ4v) is 9.40. The molecule has 0 fully saturated rings. The van der Waals surface area contributed by atoms with Crippen LogP contribution in [0, 0.1) is 0 Å². The summed E-state index contributed by atoms with van der Waals surface area (Å²) in [6.07, 6.45) is 16.0. The molecule has 11 aromatic rings. The van der Waals surface area contributed by atoms with E-state index in [0.29, 0.717) is 11.1 Å². The summed E-state index contributed by atoms with van der Waals surface area (Å²) in [6.45, 7) is 14.4. The average Bonchev–Trinajstić information content (AvgIpc) is 1.76. The molecule has 22 nitrogen and oxygen atoms in total. The van der Waals surface area contributed by atoms with E-state index in [1.165, 1.54) is 34.9 Å². The highest BCUT2D eigenvalue weighted by molar-refractivity contribution is 6.58. The van der Waals surface area contributed by atoms with E-state index >= 15 is 0 Å². The van der Waals surface area contributed by atoms with Gasteiger partial charge in [-0.2, -0.15) is 0 Å². The van der Waals surface area contributed by atoms with Crippen molar-refractivity contribution in [2.45, 2.75) is 93.9 Å². The third kappa shape index (κ3) is 29.3. The summed E-state index contributed by atoms with van der Waals surface area (Å²) >= 11 is 0. The van der Waals surface area contributed by atoms with Gasteiger partial charge in [0.2, 0.25) is 5.91 Å². The lowest BCUT2D eigenvalue weighted by atomic mass is 9.80. The molecule has 105 heavy (non-hydrogen) atoms. The number of para-hydroxylation sites is 2. The first-order valence-electron chi connectivity index (χ1n) is 32.2. The van der Waals surface area contributed by atoms with Gasteiger partial charge >= 0.3 is 25.8 Å². The normalized spacial score (nSPS) is 11.0. The van der Waals surface area contributed by atoms with Crippen LogP contribution in [0.4, 0.5) is 26.3 Å². The van der Waals surface area contributed by atoms with Crippen LogP contribution in [-0.2, 0) is 47.0 Å². The van der Waals surface area contributed by atoms with Crippen LogP contribution >= 0.6 is 0 Å². The summed E-state index contributed by atoms with van der Waals surface area (Å²) in [4.78, 5) is 49.8. The third-order valence-corrected chi connectivity index (χ3v) is 14.4. The zero-order valence-corrected chi connectivity index (χ0v) is 57.9. The van der Waals surface area contributed by atoms with Gasteiger partial charge in [0.25, 0.3) is 11.1 Å². The molecule has 7 heterocycles. The highest BCUT2D eigenvalue weighted by atomic mass is 19.4. The van der Waals surface area contributed by atoms with Gasteiger partial charge in [-0.05, 0) is 196 Å². The number of ether oxygens (including phenoxy) is 5. The summed E-state index contributed by atoms with van der Waals surface area (Å²) in [5.74, 6) is 1.49. The second kappa shape index (κ2) is 44.1. The fraction of sp³-hybridized carbons (Fsp3) is 0.211. The molecule has 1 amide bonds. The molecule has 1 aliphatic carbocycles. The zero-order chi connectivity index (χ0) is 76.0. The first kappa shape index (κ1) is 85.1. The molecule has 4 N–H and O–H groups in total. The number of carboxylic acids is 1. The van der Waals surface area contributed by atoms with Gasteiger partial charge < -0.3 is 66.7 Å². The number of benzene rings is 4. The molecule has 12 rings (SSSR count). The van der Waals surface area contributed by atoms with E-state index in [9.17, 15) is 45.5 Å². The summed E-state index contributed by atoms with van der Waals surface area (Å²) < 4.78 is 106. The molecule has 4 aromatic carbocycles. The molecule has 554 valence electrons. The Morgan fingerprint density at radius 3 is 1.50 bits per heavy atom. The van der Waals surface area contributed by atoms with Gasteiger partial charge in [0.05, 0.1) is 41.8 Å². The number of halogens is 6. The number of nitrogens with zero attached hydrogens (tertiary/aromatic N) is 9. The number of hydrogen-bond acceptors (Lipinski definition) is 11. The lowest BCUT2D eigenvalue weighted by Crippen LogP contribution is -2.29. The summed E-state index contributed by atoms with van der Waals surface area (Å²) in [5, 5.41) is 29.9. The number of hydrogen-bond donors (Lipinski definition) is 4. The highest BCUT2D eigenvalue weighted by Crippen LogP contribution is 2.25. The minimum absolute atomic E-state index is 0. The molecular weight excluding hydrogens is 1370 g/mol. The maximum absolute atomic E-state index is 12.5. The quantitative estimate of drug-likeness (QED) is 0.0166. The second-order valence-electron chi connectivity index (χ2n) is 21.1. The Kier molecular flexibility index (Phi) is 35.8. The van der Waals surface area contributed by atoms with Crippen molar-refractivity contribution < 1.29 is 74.8 Å². The van der Waals surface area contributed by atoms with Crippen molar-refractivity contribution in [1.82, 2.24) is 32.4 Å². The van der Waals surface area contributed by atoms with Crippen LogP contribution < -0.4 is 35.5 Å². The Bertz CT molecular complexity index is 4640. The van der Waals surface area contributed by atoms with Gasteiger partial charge in [-0.1, -0.05) is 68.1 Å². The van der Waals surface area contributed by atoms with Crippen molar-refractivity contribution >= 4 is 58.4 Å². The monoisotopic (exact) mass is 1450 g/mol. The van der Waals surface area contributed by atoms with Crippen molar-refractivity contribution in [1.29, 1.82) is 0 Å². The van der Waals surface area contributed by atoms with E-state index in [1.54, 1.807) is 50.9 Å². The number of aromatic amines is 1. The Labute approximate surface area is 602 Å². The van der Waals surface area contributed by atoms with Gasteiger partial charge in [0, 0.05) is 111 Å². The molecule has 0 unspecified atom stereocenters. The van der Waals surface area contributed by atoms with Crippen molar-refractivity contribution in [3.63, 3.8) is 0 Å². The Balaban J connectivity index is 0.000000259. The van der Waals surface area contributed by atoms with E-state index < -0.39 is 37.5 Å². The number of pyridine rings is 2. The van der Waals surface area contributed by atoms with E-state index in [2.05, 4.69) is 44.4 Å². The molecule has 0 bridgehead atoms. The van der Waals surface area contributed by atoms with Crippen molar-refractivity contribution in [2.24, 2.45) is 5.11 Å². The molecule has 29 heteroatoms. The molecule has 7 aromatic heterocycles. The van der Waals surface area contributed by atoms with Crippen LogP contribution in [0.5, 0.6) is 28.9 Å². The van der Waals surface area contributed by atoms with Gasteiger partial charge in [-0.15, -0.1) is 26.3 Å². The number of alkyl halides is 6. The lowest BCUT2D eigenvalue weighted by Gasteiger charge is -2.10. The Morgan fingerprint density at radius 2 is 1.06 bits per heavy atom. The first-order chi connectivity index (χ1) is 49.9. The number of amides is 1. The number of carboxylic acid groups (broad SMARTS) is 1. The minimum Gasteiger partial charge on any atom is -0.501 e. The number of aliphatic carboxylic acids is 1. The Hall–Kier alpha value is -12.3. The Morgan fingerprint density at radius 1 is 0.571 bits per heavy atom. The standard InChI is InChI=1S/C16H13F3N2O2.C12H10O.C9H10N4O.C9H10N2O.C9H11NO2.C7H6BF3O3.C7H11NO.C6H8O.CH4/c1-2-20-9-7-13-14(20)8-10-21(15(13)22)11-3-5-12(6-4-11)23-16(17,18)19;1-3-7-11(8-4-1)13-12-9-5-2-6-10-12;1-2-13-7-3-4-8(13)5-6-9(14)11-12-10;1-2-11-6-4-7-8(11)3-5-10-9(7)12;1-2-10-7-3-4-8(10)5-6-9(11)12;9-7(10,11)14-6-3-1-5(2-4-6)8(12)13;1-3-8-6-4-5-7(8)9-2;1-7-6-4-2-3-5-6;/h3-10H,2H2,1H3;1-10H;3-7H,2H2,1H3;3-6H,2H2,1H3,(H,10,12);3-7H,2H2,1H3,(H,11,12);1-4,12-13H;4-6H,3H2,1-2H3;2-4H,5H2,1H3;1H4/b;;6-5+;;6-5+;;;;. The van der Waals surface area contributed by atoms with Crippen LogP contribution in [0.15, 0.2) is 264 Å². The van der Waals surface area contributed by atoms with E-state index in [4.69, 9.17) is 34.9 Å². The summed E-state index contributed by atoms with van der Waals surface area (Å²) in [6, 6.07) is 47.7. The van der Waals surface area contributed by atoms with Crippen LogP contribution in [0.2, 0.25) is 0 Å². The highest BCUT2D eigenvalue weighted by Gasteiger charge is 2.32. The SMILES string of the molecule is C.CCn1ccc2c(=O)[nH]ccc21.CCn1ccc2c(=O)n(-c3ccc(OC(F)(F)F)cc3)ccc21.CCn1cccc1/C=C/C(=O)N=[N+]=[N-].CCn1cccc1/C=C/C(=O)O.CCn1cccc1OC.COC1=CC=CC1.OB(O)c1ccc(OC(F)(F)F)cc1.c1ccc(Oc2ccccc2)cc1. The van der Waals surface area contributed by atoms with E-state index in [0.717, 1.165) is 120 Å². The number of azide groups is 1. The van der Waals surface area contributed by atoms with Crippen LogP contribution in [0.1, 0.15) is 59.9 Å². The number of nitrogens with one attached hydrogen (secondary N) is 1. The van der Waals surface area contributed by atoms with Gasteiger partial charge in [0.15, 0.2) is 5.88 Å². The molecule has 0 aliphatic heterocycles. The zero-order valence-electron chi connectivity index (χ0n) is 57.9. The number of H-pyrrole nitrogens is 1. The number of methoxy groups -OCH3 is 2. The third-order valence-electron chi connectivity index (χ3n) is 14.4. The molecule has 0 atom stereocenters. The smallest absolute Gasteiger partial charge is 0.501 e. The predicted octanol–water partition coefficient (Wildman–Crippen LogP) is 16.4. The molecule has 0 saturated carbocycles. The number of fused-ring (bicyclic) bond motifs is 2. The lowest BCUT2D eigenvalue weighted by molar-refractivity contribution is -0.275. The van der Waals surface area contributed by atoms with Crippen molar-refractivity contribution in [3.05, 3.63) is 292 Å². The van der Waals surface area contributed by atoms with Crippen molar-refractivity contribution in [2.75, 3.05) is 14.2 Å². The second-order valence-corrected chi connectivity index (χ2v) is 21.1. The number of rotatable bonds is 17. The number of carbonyl (C=O) groups is 2. The fourth-order valence-electron chi connectivity index (χ4n) is 9.40. The number of allylic oxidation sites excluding steroid dienone is 3. The molecular formula is C76H83BF6N10O12. The predicted molar refractivity (Wildman–Crippen MR) is 396 cm³/mol. The summed E-state index contributed by atoms with van der Waals surface area (Å²) in [5.41, 5.74) is 12.0. The minimum atomic E-state index is -4.74. The molecule has 0 spiro atoms. The van der Waals surface area contributed by atoms with Crippen molar-refractivity contribution in [3.8, 4) is 34.6 Å². The molecule has 0 saturated heterocycles. The summed E-state index contributed by atoms with van der Waals surface area (Å²) in [7, 11) is 1.68. The molecule has 1 aliphatic rings. The van der Waals surface area contributed by atoms with Gasteiger partial charge in [-0.25, -0.2) is 4.79 Å². The largest absolute Gasteiger partial charge is 0.573 e. The van der Waals surface area contributed by atoms with Crippen LogP contribution in [-0.4, -0.2) is 93.5 Å². The van der Waals surface area contributed by atoms with Crippen LogP contribution in [0.3, 0.4) is 0 Å². The van der Waals surface area contributed by atoms with Gasteiger partial charge in [0.1, 0.15) is 23.0 Å². The average molecular weight is 1450 g/mol. The number of aromatic nitrogens is 7. The number of carbonyl (C=O) groups excluding carboxylic acids is 1. The maximum Gasteiger partial charge on any atom is 0.573 e. The van der Waals surface area contributed by atoms with E-state index in [-0.39, 0.29) is 29.8 Å². The van der Waals surface area contributed by atoms with Gasteiger partial charge in [-0.3, -0.25) is 19.0 Å². The number of aryl methyl sites for hydroxylation is 5.